The van der Waals surface area contributed by atoms with E-state index in [1.165, 1.54) is 0 Å². The monoisotopic (exact) mass is 233 g/mol. The zero-order valence-electron chi connectivity index (χ0n) is 8.22. The van der Waals surface area contributed by atoms with Crippen LogP contribution in [0, 0.1) is 5.82 Å². The van der Waals surface area contributed by atoms with E-state index in [0.29, 0.717) is 18.3 Å². The van der Waals surface area contributed by atoms with E-state index in [1.54, 1.807) is 6.92 Å². The van der Waals surface area contributed by atoms with Crippen LogP contribution in [0.5, 0.6) is 0 Å². The van der Waals surface area contributed by atoms with Crippen LogP contribution in [0.15, 0.2) is 12.3 Å². The maximum atomic E-state index is 13.3. The standard InChI is InChI=1S/C9H7F4N3/c1-2-7-14-8-6(10)3-5(9(11,12)13)4-16(8)15-7/h3-4H,2H2,1H3. The molecular formula is C9H7F4N3. The number of aromatic nitrogens is 3. The van der Waals surface area contributed by atoms with Crippen molar-refractivity contribution in [1.82, 2.24) is 14.6 Å². The third-order valence-electron chi connectivity index (χ3n) is 2.08. The molecule has 2 rings (SSSR count). The molecule has 0 aliphatic carbocycles. The van der Waals surface area contributed by atoms with Crippen molar-refractivity contribution in [3.63, 3.8) is 0 Å². The normalized spacial score (nSPS) is 12.3. The van der Waals surface area contributed by atoms with E-state index in [9.17, 15) is 17.6 Å². The lowest BCUT2D eigenvalue weighted by atomic mass is 10.3. The van der Waals surface area contributed by atoms with E-state index in [-0.39, 0.29) is 5.65 Å². The molecule has 0 aliphatic rings. The maximum Gasteiger partial charge on any atom is 0.417 e. The molecule has 0 unspecified atom stereocenters. The van der Waals surface area contributed by atoms with Gasteiger partial charge in [-0.1, -0.05) is 6.92 Å². The second-order valence-electron chi connectivity index (χ2n) is 3.22. The van der Waals surface area contributed by atoms with Crippen LogP contribution in [0.2, 0.25) is 0 Å². The van der Waals surface area contributed by atoms with Gasteiger partial charge >= 0.3 is 6.18 Å². The van der Waals surface area contributed by atoms with Crippen LogP contribution < -0.4 is 0 Å². The topological polar surface area (TPSA) is 30.2 Å². The summed E-state index contributed by atoms with van der Waals surface area (Å²) < 4.78 is 51.2. The Labute approximate surface area is 87.7 Å². The molecule has 0 aromatic carbocycles. The fraction of sp³-hybridized carbons (Fsp3) is 0.333. The van der Waals surface area contributed by atoms with E-state index < -0.39 is 17.6 Å². The molecule has 7 heteroatoms. The van der Waals surface area contributed by atoms with Gasteiger partial charge in [-0.3, -0.25) is 0 Å². The average molecular weight is 233 g/mol. The second kappa shape index (κ2) is 3.43. The SMILES string of the molecule is CCc1nc2c(F)cc(C(F)(F)F)cn2n1. The largest absolute Gasteiger partial charge is 0.417 e. The molecule has 0 aliphatic heterocycles. The fourth-order valence-electron chi connectivity index (χ4n) is 1.30. The van der Waals surface area contributed by atoms with Crippen LogP contribution in [0.25, 0.3) is 5.65 Å². The quantitative estimate of drug-likeness (QED) is 0.708. The van der Waals surface area contributed by atoms with Gasteiger partial charge in [-0.15, -0.1) is 0 Å². The summed E-state index contributed by atoms with van der Waals surface area (Å²) in [6.07, 6.45) is -3.43. The van der Waals surface area contributed by atoms with Gasteiger partial charge in [0.1, 0.15) is 0 Å². The van der Waals surface area contributed by atoms with Gasteiger partial charge in [0.25, 0.3) is 0 Å². The molecule has 0 amide bonds. The van der Waals surface area contributed by atoms with Crippen LogP contribution in [-0.4, -0.2) is 14.6 Å². The Morgan fingerprint density at radius 3 is 2.62 bits per heavy atom. The van der Waals surface area contributed by atoms with Gasteiger partial charge in [0.15, 0.2) is 17.3 Å². The lowest BCUT2D eigenvalue weighted by molar-refractivity contribution is -0.138. The van der Waals surface area contributed by atoms with Gasteiger partial charge in [-0.25, -0.2) is 13.9 Å². The molecular weight excluding hydrogens is 226 g/mol. The summed E-state index contributed by atoms with van der Waals surface area (Å²) >= 11 is 0. The summed E-state index contributed by atoms with van der Waals surface area (Å²) in [5, 5.41) is 3.73. The zero-order chi connectivity index (χ0) is 11.9. The van der Waals surface area contributed by atoms with Crippen LogP contribution >= 0.6 is 0 Å². The van der Waals surface area contributed by atoms with Crippen LogP contribution in [0.4, 0.5) is 17.6 Å². The molecule has 0 radical (unpaired) electrons. The zero-order valence-corrected chi connectivity index (χ0v) is 8.22. The van der Waals surface area contributed by atoms with Crippen molar-refractivity contribution in [1.29, 1.82) is 0 Å². The molecule has 0 saturated carbocycles. The number of fused-ring (bicyclic) bond motifs is 1. The summed E-state index contributed by atoms with van der Waals surface area (Å²) in [7, 11) is 0. The Kier molecular flexibility index (Phi) is 2.32. The minimum Gasteiger partial charge on any atom is -0.217 e. The van der Waals surface area contributed by atoms with E-state index in [2.05, 4.69) is 10.1 Å². The number of pyridine rings is 1. The van der Waals surface area contributed by atoms with Gasteiger partial charge < -0.3 is 0 Å². The van der Waals surface area contributed by atoms with Crippen molar-refractivity contribution in [2.45, 2.75) is 19.5 Å². The lowest BCUT2D eigenvalue weighted by Gasteiger charge is -2.06. The average Bonchev–Trinajstić information content (AvgIpc) is 2.59. The van der Waals surface area contributed by atoms with Gasteiger partial charge in [0.05, 0.1) is 5.56 Å². The highest BCUT2D eigenvalue weighted by molar-refractivity contribution is 5.41. The van der Waals surface area contributed by atoms with Crippen LogP contribution in [0.3, 0.4) is 0 Å². The Balaban J connectivity index is 2.67. The minimum atomic E-state index is -4.59. The third kappa shape index (κ3) is 1.72. The van der Waals surface area contributed by atoms with E-state index >= 15 is 0 Å². The molecule has 2 aromatic rings. The Hall–Kier alpha value is -1.66. The Bertz CT molecular complexity index is 529. The molecule has 2 heterocycles. The molecule has 16 heavy (non-hydrogen) atoms. The number of aryl methyl sites for hydroxylation is 1. The smallest absolute Gasteiger partial charge is 0.217 e. The number of hydrogen-bond acceptors (Lipinski definition) is 2. The highest BCUT2D eigenvalue weighted by Crippen LogP contribution is 2.29. The Morgan fingerprint density at radius 1 is 1.38 bits per heavy atom. The first-order valence-electron chi connectivity index (χ1n) is 4.54. The maximum absolute atomic E-state index is 13.3. The number of alkyl halides is 3. The van der Waals surface area contributed by atoms with Gasteiger partial charge in [-0.05, 0) is 6.07 Å². The molecule has 3 nitrogen and oxygen atoms in total. The number of hydrogen-bond donors (Lipinski definition) is 0. The molecule has 0 spiro atoms. The number of halogens is 4. The van der Waals surface area contributed by atoms with Crippen molar-refractivity contribution in [2.24, 2.45) is 0 Å². The van der Waals surface area contributed by atoms with Crippen molar-refractivity contribution in [3.05, 3.63) is 29.5 Å². The summed E-state index contributed by atoms with van der Waals surface area (Å²) in [5.74, 6) is -0.722. The summed E-state index contributed by atoms with van der Waals surface area (Å²) in [6.45, 7) is 1.73. The van der Waals surface area contributed by atoms with Crippen LogP contribution in [0.1, 0.15) is 18.3 Å². The molecule has 0 atom stereocenters. The van der Waals surface area contributed by atoms with Gasteiger partial charge in [0, 0.05) is 12.6 Å². The van der Waals surface area contributed by atoms with Crippen molar-refractivity contribution < 1.29 is 17.6 Å². The predicted molar refractivity (Wildman–Crippen MR) is 47.3 cm³/mol. The van der Waals surface area contributed by atoms with Crippen molar-refractivity contribution in [3.8, 4) is 0 Å². The second-order valence-corrected chi connectivity index (χ2v) is 3.22. The molecule has 0 saturated heterocycles. The van der Waals surface area contributed by atoms with Crippen LogP contribution in [-0.2, 0) is 12.6 Å². The highest BCUT2D eigenvalue weighted by atomic mass is 19.4. The third-order valence-corrected chi connectivity index (χ3v) is 2.08. The molecule has 0 fully saturated rings. The first-order valence-corrected chi connectivity index (χ1v) is 4.54. The lowest BCUT2D eigenvalue weighted by Crippen LogP contribution is -2.08. The first kappa shape index (κ1) is 10.8. The predicted octanol–water partition coefficient (Wildman–Crippen LogP) is 2.45. The van der Waals surface area contributed by atoms with Crippen molar-refractivity contribution >= 4 is 5.65 Å². The first-order chi connectivity index (χ1) is 7.41. The molecule has 86 valence electrons. The van der Waals surface area contributed by atoms with E-state index in [0.717, 1.165) is 10.7 Å². The fourth-order valence-corrected chi connectivity index (χ4v) is 1.30. The van der Waals surface area contributed by atoms with E-state index in [4.69, 9.17) is 0 Å². The van der Waals surface area contributed by atoms with E-state index in [1.807, 2.05) is 0 Å². The van der Waals surface area contributed by atoms with Gasteiger partial charge in [-0.2, -0.15) is 18.3 Å². The molecule has 2 aromatic heterocycles. The molecule has 0 bridgehead atoms. The summed E-state index contributed by atoms with van der Waals surface area (Å²) in [5.41, 5.74) is -1.27. The van der Waals surface area contributed by atoms with Gasteiger partial charge in [0.2, 0.25) is 0 Å². The molecule has 0 N–H and O–H groups in total. The summed E-state index contributed by atoms with van der Waals surface area (Å²) in [6, 6.07) is 0.420. The Morgan fingerprint density at radius 2 is 2.06 bits per heavy atom. The number of rotatable bonds is 1. The minimum absolute atomic E-state index is 0.190. The highest BCUT2D eigenvalue weighted by Gasteiger charge is 2.32. The number of nitrogens with zero attached hydrogens (tertiary/aromatic N) is 3. The van der Waals surface area contributed by atoms with Crippen molar-refractivity contribution in [2.75, 3.05) is 0 Å². The summed E-state index contributed by atoms with van der Waals surface area (Å²) in [4.78, 5) is 3.76.